The van der Waals surface area contributed by atoms with Crippen LogP contribution < -0.4 is 5.32 Å². The number of aliphatic hydroxyl groups is 1. The lowest BCUT2D eigenvalue weighted by Crippen LogP contribution is -2.26. The minimum Gasteiger partial charge on any atom is -0.396 e. The van der Waals surface area contributed by atoms with Crippen LogP contribution in [-0.2, 0) is 4.74 Å². The first-order valence-corrected chi connectivity index (χ1v) is 5.67. The Labute approximate surface area is 110 Å². The number of aliphatic hydroxyl groups excluding tert-OH is 1. The quantitative estimate of drug-likeness (QED) is 0.567. The van der Waals surface area contributed by atoms with Gasteiger partial charge in [-0.3, -0.25) is 10.1 Å². The van der Waals surface area contributed by atoms with Crippen LogP contribution in [0.1, 0.15) is 12.0 Å². The standard InChI is InChI=1S/C12H15N3O4/c1-19-8-10(4-5-16)14-11-6-9(7-13)2-3-12(11)15(17)18/h2-3,6,10,14,16H,4-5,8H2,1H3. The van der Waals surface area contributed by atoms with E-state index in [0.29, 0.717) is 18.6 Å². The van der Waals surface area contributed by atoms with Gasteiger partial charge in [0.1, 0.15) is 5.69 Å². The molecule has 0 bridgehead atoms. The maximum Gasteiger partial charge on any atom is 0.292 e. The minimum absolute atomic E-state index is 0.0627. The minimum atomic E-state index is -0.522. The van der Waals surface area contributed by atoms with Gasteiger partial charge in [0.25, 0.3) is 5.69 Å². The predicted octanol–water partition coefficient (Wildman–Crippen LogP) is 1.28. The monoisotopic (exact) mass is 265 g/mol. The van der Waals surface area contributed by atoms with Crippen molar-refractivity contribution < 1.29 is 14.8 Å². The second kappa shape index (κ2) is 7.31. The fraction of sp³-hybridized carbons (Fsp3) is 0.417. The Balaban J connectivity index is 3.01. The molecule has 1 unspecified atom stereocenters. The van der Waals surface area contributed by atoms with Crippen molar-refractivity contribution >= 4 is 11.4 Å². The van der Waals surface area contributed by atoms with Gasteiger partial charge in [0.05, 0.1) is 29.2 Å². The number of nitrogens with one attached hydrogen (secondary N) is 1. The Kier molecular flexibility index (Phi) is 5.73. The molecule has 1 aromatic carbocycles. The molecular formula is C12H15N3O4. The Morgan fingerprint density at radius 3 is 2.89 bits per heavy atom. The summed E-state index contributed by atoms with van der Waals surface area (Å²) in [7, 11) is 1.51. The predicted molar refractivity (Wildman–Crippen MR) is 68.8 cm³/mol. The van der Waals surface area contributed by atoms with E-state index < -0.39 is 4.92 Å². The summed E-state index contributed by atoms with van der Waals surface area (Å²) in [5.41, 5.74) is 0.464. The molecule has 0 aliphatic carbocycles. The van der Waals surface area contributed by atoms with Crippen molar-refractivity contribution in [2.45, 2.75) is 12.5 Å². The number of benzene rings is 1. The molecule has 0 aliphatic rings. The van der Waals surface area contributed by atoms with E-state index in [2.05, 4.69) is 5.32 Å². The number of anilines is 1. The summed E-state index contributed by atoms with van der Waals surface area (Å²) >= 11 is 0. The van der Waals surface area contributed by atoms with Crippen molar-refractivity contribution in [3.05, 3.63) is 33.9 Å². The van der Waals surface area contributed by atoms with Crippen LogP contribution in [0.3, 0.4) is 0 Å². The van der Waals surface area contributed by atoms with E-state index >= 15 is 0 Å². The molecule has 0 amide bonds. The van der Waals surface area contributed by atoms with E-state index in [0.717, 1.165) is 0 Å². The van der Waals surface area contributed by atoms with Gasteiger partial charge in [0, 0.05) is 19.8 Å². The van der Waals surface area contributed by atoms with E-state index in [1.54, 1.807) is 0 Å². The molecule has 102 valence electrons. The lowest BCUT2D eigenvalue weighted by Gasteiger charge is -2.18. The maximum absolute atomic E-state index is 10.9. The van der Waals surface area contributed by atoms with Crippen LogP contribution in [-0.4, -0.2) is 36.4 Å². The highest BCUT2D eigenvalue weighted by Crippen LogP contribution is 2.26. The second-order valence-electron chi connectivity index (χ2n) is 3.91. The van der Waals surface area contributed by atoms with Crippen LogP contribution in [0.4, 0.5) is 11.4 Å². The first kappa shape index (κ1) is 14.9. The Hall–Kier alpha value is -2.17. The molecule has 2 N–H and O–H groups in total. The van der Waals surface area contributed by atoms with Crippen molar-refractivity contribution in [3.8, 4) is 6.07 Å². The van der Waals surface area contributed by atoms with Crippen molar-refractivity contribution in [2.24, 2.45) is 0 Å². The van der Waals surface area contributed by atoms with E-state index in [4.69, 9.17) is 15.1 Å². The number of methoxy groups -OCH3 is 1. The number of hydrogen-bond acceptors (Lipinski definition) is 6. The highest BCUT2D eigenvalue weighted by Gasteiger charge is 2.17. The summed E-state index contributed by atoms with van der Waals surface area (Å²) in [6.07, 6.45) is 0.391. The van der Waals surface area contributed by atoms with Crippen LogP contribution in [0.15, 0.2) is 18.2 Å². The number of ether oxygens (including phenoxy) is 1. The van der Waals surface area contributed by atoms with Crippen molar-refractivity contribution in [1.29, 1.82) is 5.26 Å². The molecule has 0 heterocycles. The molecule has 19 heavy (non-hydrogen) atoms. The Morgan fingerprint density at radius 1 is 1.63 bits per heavy atom. The van der Waals surface area contributed by atoms with E-state index in [-0.39, 0.29) is 24.0 Å². The summed E-state index contributed by atoms with van der Waals surface area (Å²) in [4.78, 5) is 10.4. The van der Waals surface area contributed by atoms with Gasteiger partial charge in [0.2, 0.25) is 0 Å². The van der Waals surface area contributed by atoms with Gasteiger partial charge >= 0.3 is 0 Å². The Bertz CT molecular complexity index is 478. The number of nitriles is 1. The molecule has 0 saturated heterocycles. The summed E-state index contributed by atoms with van der Waals surface area (Å²) in [6.45, 7) is 0.237. The molecule has 7 heteroatoms. The number of nitro benzene ring substituents is 1. The lowest BCUT2D eigenvalue weighted by atomic mass is 10.1. The third-order valence-electron chi connectivity index (χ3n) is 2.53. The van der Waals surface area contributed by atoms with Gasteiger partial charge in [-0.15, -0.1) is 0 Å². The van der Waals surface area contributed by atoms with Crippen LogP contribution >= 0.6 is 0 Å². The molecular weight excluding hydrogens is 250 g/mol. The number of rotatable bonds is 7. The first-order valence-electron chi connectivity index (χ1n) is 5.67. The van der Waals surface area contributed by atoms with Crippen LogP contribution in [0.25, 0.3) is 0 Å². The zero-order chi connectivity index (χ0) is 14.3. The SMILES string of the molecule is COCC(CCO)Nc1cc(C#N)ccc1[N+](=O)[O-]. The van der Waals surface area contributed by atoms with Gasteiger partial charge in [-0.25, -0.2) is 0 Å². The summed E-state index contributed by atoms with van der Waals surface area (Å²) in [6, 6.07) is 5.75. The third-order valence-corrected chi connectivity index (χ3v) is 2.53. The summed E-state index contributed by atoms with van der Waals surface area (Å²) in [5, 5.41) is 31.6. The largest absolute Gasteiger partial charge is 0.396 e. The molecule has 0 radical (unpaired) electrons. The van der Waals surface area contributed by atoms with Crippen molar-refractivity contribution in [1.82, 2.24) is 0 Å². The molecule has 7 nitrogen and oxygen atoms in total. The third kappa shape index (κ3) is 4.21. The number of nitro groups is 1. The number of nitrogens with zero attached hydrogens (tertiary/aromatic N) is 2. The summed E-state index contributed by atoms with van der Waals surface area (Å²) < 4.78 is 4.98. The van der Waals surface area contributed by atoms with Gasteiger partial charge < -0.3 is 15.2 Å². The first-order chi connectivity index (χ1) is 9.12. The maximum atomic E-state index is 10.9. The molecule has 0 saturated carbocycles. The second-order valence-corrected chi connectivity index (χ2v) is 3.91. The smallest absolute Gasteiger partial charge is 0.292 e. The highest BCUT2D eigenvalue weighted by molar-refractivity contribution is 5.64. The molecule has 1 atom stereocenters. The normalized spacial score (nSPS) is 11.6. The van der Waals surface area contributed by atoms with Gasteiger partial charge in [0.15, 0.2) is 0 Å². The zero-order valence-electron chi connectivity index (χ0n) is 10.5. The van der Waals surface area contributed by atoms with Crippen molar-refractivity contribution in [3.63, 3.8) is 0 Å². The van der Waals surface area contributed by atoms with Crippen molar-refractivity contribution in [2.75, 3.05) is 25.6 Å². The molecule has 0 aromatic heterocycles. The van der Waals surface area contributed by atoms with Crippen LogP contribution in [0, 0.1) is 21.4 Å². The molecule has 0 spiro atoms. The molecule has 1 rings (SSSR count). The average molecular weight is 265 g/mol. The highest BCUT2D eigenvalue weighted by atomic mass is 16.6. The number of hydrogen-bond donors (Lipinski definition) is 2. The fourth-order valence-corrected chi connectivity index (χ4v) is 1.65. The van der Waals surface area contributed by atoms with Gasteiger partial charge in [-0.2, -0.15) is 5.26 Å². The van der Waals surface area contributed by atoms with Gasteiger partial charge in [-0.05, 0) is 18.6 Å². The van der Waals surface area contributed by atoms with Crippen LogP contribution in [0.2, 0.25) is 0 Å². The summed E-state index contributed by atoms with van der Waals surface area (Å²) in [5.74, 6) is 0. The molecule has 0 fully saturated rings. The molecule has 1 aromatic rings. The fourth-order valence-electron chi connectivity index (χ4n) is 1.65. The van der Waals surface area contributed by atoms with E-state index in [1.165, 1.54) is 25.3 Å². The lowest BCUT2D eigenvalue weighted by molar-refractivity contribution is -0.384. The van der Waals surface area contributed by atoms with E-state index in [1.807, 2.05) is 6.07 Å². The zero-order valence-corrected chi connectivity index (χ0v) is 10.5. The molecule has 0 aliphatic heterocycles. The Morgan fingerprint density at radius 2 is 2.37 bits per heavy atom. The average Bonchev–Trinajstić information content (AvgIpc) is 2.38. The topological polar surface area (TPSA) is 108 Å². The van der Waals surface area contributed by atoms with E-state index in [9.17, 15) is 10.1 Å². The van der Waals surface area contributed by atoms with Gasteiger partial charge in [-0.1, -0.05) is 0 Å². The van der Waals surface area contributed by atoms with Crippen LogP contribution in [0.5, 0.6) is 0 Å².